The Morgan fingerprint density at radius 2 is 1.74 bits per heavy atom. The molecular weight excluding hydrogens is 474 g/mol. The van der Waals surface area contributed by atoms with Crippen LogP contribution >= 0.6 is 11.6 Å². The number of nitrogens with one attached hydrogen (secondary N) is 2. The third kappa shape index (κ3) is 6.63. The third-order valence-electron chi connectivity index (χ3n) is 3.87. The summed E-state index contributed by atoms with van der Waals surface area (Å²) < 4.78 is 62.5. The van der Waals surface area contributed by atoms with E-state index in [-0.39, 0.29) is 21.2 Å². The second-order valence-corrected chi connectivity index (χ2v) is 9.68. The molecule has 0 fully saturated rings. The van der Waals surface area contributed by atoms with E-state index in [1.807, 2.05) is 0 Å². The van der Waals surface area contributed by atoms with Crippen LogP contribution in [0.2, 0.25) is 5.02 Å². The Morgan fingerprint density at radius 3 is 2.32 bits per heavy atom. The summed E-state index contributed by atoms with van der Waals surface area (Å²) in [5, 5.41) is 2.16. The number of hydrogen-bond donors (Lipinski definition) is 4. The molecule has 1 atom stereocenters. The van der Waals surface area contributed by atoms with Gasteiger partial charge in [-0.25, -0.2) is 17.9 Å². The van der Waals surface area contributed by atoms with Crippen molar-refractivity contribution in [1.29, 1.82) is 0 Å². The summed E-state index contributed by atoms with van der Waals surface area (Å²) in [6.07, 6.45) is -1.12. The van der Waals surface area contributed by atoms with Gasteiger partial charge in [0.1, 0.15) is 12.6 Å². The van der Waals surface area contributed by atoms with Gasteiger partial charge < -0.3 is 10.5 Å². The number of amides is 2. The predicted molar refractivity (Wildman–Crippen MR) is 111 cm³/mol. The lowest BCUT2D eigenvalue weighted by atomic mass is 10.2. The van der Waals surface area contributed by atoms with Crippen LogP contribution in [0.4, 0.5) is 10.5 Å². The molecule has 0 aliphatic carbocycles. The molecular formula is C17H18ClN3O8S2. The van der Waals surface area contributed by atoms with Gasteiger partial charge in [-0.15, -0.1) is 0 Å². The maximum Gasteiger partial charge on any atom is 0.411 e. The van der Waals surface area contributed by atoms with E-state index in [4.69, 9.17) is 26.6 Å². The van der Waals surface area contributed by atoms with Crippen LogP contribution in [0, 0.1) is 6.92 Å². The summed E-state index contributed by atoms with van der Waals surface area (Å²) in [5.74, 6) is -1.11. The summed E-state index contributed by atoms with van der Waals surface area (Å²) in [4.78, 5) is 23.3. The molecule has 168 valence electrons. The summed E-state index contributed by atoms with van der Waals surface area (Å²) in [6, 6.07) is 7.53. The number of ether oxygens (including phenoxy) is 1. The number of rotatable bonds is 7. The van der Waals surface area contributed by atoms with Crippen LogP contribution in [-0.4, -0.2) is 46.0 Å². The Balaban J connectivity index is 2.00. The smallest absolute Gasteiger partial charge is 0.411 e. The van der Waals surface area contributed by atoms with Crippen molar-refractivity contribution in [2.45, 2.75) is 22.8 Å². The van der Waals surface area contributed by atoms with Crippen molar-refractivity contribution in [3.63, 3.8) is 0 Å². The molecule has 2 amide bonds. The molecule has 0 unspecified atom stereocenters. The highest BCUT2D eigenvalue weighted by Crippen LogP contribution is 2.28. The number of carbonyl (C=O) groups is 2. The van der Waals surface area contributed by atoms with Gasteiger partial charge in [0.15, 0.2) is 0 Å². The van der Waals surface area contributed by atoms with Gasteiger partial charge in [-0.05, 0) is 36.8 Å². The minimum atomic E-state index is -4.58. The number of anilines is 1. The van der Waals surface area contributed by atoms with E-state index in [0.29, 0.717) is 0 Å². The zero-order valence-corrected chi connectivity index (χ0v) is 18.3. The molecule has 0 bridgehead atoms. The van der Waals surface area contributed by atoms with Crippen molar-refractivity contribution in [3.8, 4) is 0 Å². The fourth-order valence-electron chi connectivity index (χ4n) is 2.19. The van der Waals surface area contributed by atoms with Gasteiger partial charge in [-0.2, -0.15) is 8.42 Å². The number of sulfonamides is 1. The van der Waals surface area contributed by atoms with E-state index in [0.717, 1.165) is 12.1 Å². The van der Waals surface area contributed by atoms with Gasteiger partial charge in [0.25, 0.3) is 26.0 Å². The number of hydrogen-bond acceptors (Lipinski definition) is 8. The highest BCUT2D eigenvalue weighted by atomic mass is 35.5. The molecule has 0 aromatic heterocycles. The Bertz CT molecular complexity index is 1200. The van der Waals surface area contributed by atoms with Crippen molar-refractivity contribution in [2.75, 3.05) is 11.9 Å². The standard InChI is InChI=1S/C17H18ClN3O8S2/c1-10-13(18)7-12(31(26,27)28)8-15(10)20-17(23)29-9-14(19)16(22)21-30(24,25)11-5-3-2-4-6-11/h2-8,14H,9,19H2,1H3,(H,20,23)(H,21,22)(H,26,27,28)/t14-/m0/s1. The largest absolute Gasteiger partial charge is 0.447 e. The number of carbonyl (C=O) groups excluding carboxylic acids is 2. The first-order chi connectivity index (χ1) is 14.3. The second kappa shape index (κ2) is 9.62. The molecule has 0 aliphatic rings. The normalized spacial score (nSPS) is 12.6. The summed E-state index contributed by atoms with van der Waals surface area (Å²) >= 11 is 5.89. The first-order valence-corrected chi connectivity index (χ1v) is 11.7. The quantitative estimate of drug-likeness (QED) is 0.414. The Morgan fingerprint density at radius 1 is 1.13 bits per heavy atom. The lowest BCUT2D eigenvalue weighted by Crippen LogP contribution is -2.46. The minimum Gasteiger partial charge on any atom is -0.447 e. The number of halogens is 1. The van der Waals surface area contributed by atoms with E-state index in [9.17, 15) is 26.4 Å². The van der Waals surface area contributed by atoms with Gasteiger partial charge in [-0.3, -0.25) is 14.7 Å². The van der Waals surface area contributed by atoms with Crippen LogP contribution in [-0.2, 0) is 29.7 Å². The SMILES string of the molecule is Cc1c(Cl)cc(S(=O)(=O)O)cc1NC(=O)OC[C@H](N)C(=O)NS(=O)(=O)c1ccccc1. The van der Waals surface area contributed by atoms with Gasteiger partial charge in [-0.1, -0.05) is 29.8 Å². The van der Waals surface area contributed by atoms with Gasteiger partial charge >= 0.3 is 6.09 Å². The third-order valence-corrected chi connectivity index (χ3v) is 6.46. The van der Waals surface area contributed by atoms with Gasteiger partial charge in [0.2, 0.25) is 0 Å². The lowest BCUT2D eigenvalue weighted by molar-refractivity contribution is -0.121. The van der Waals surface area contributed by atoms with Crippen molar-refractivity contribution in [1.82, 2.24) is 4.72 Å². The summed E-state index contributed by atoms with van der Waals surface area (Å²) in [5.41, 5.74) is 5.77. The minimum absolute atomic E-state index is 0.0485. The Hall–Kier alpha value is -2.71. The van der Waals surface area contributed by atoms with E-state index in [1.54, 1.807) is 10.8 Å². The molecule has 0 aliphatic heterocycles. The molecule has 11 nitrogen and oxygen atoms in total. The number of benzene rings is 2. The second-order valence-electron chi connectivity index (χ2n) is 6.17. The highest BCUT2D eigenvalue weighted by Gasteiger charge is 2.23. The monoisotopic (exact) mass is 491 g/mol. The van der Waals surface area contributed by atoms with E-state index >= 15 is 0 Å². The Kier molecular flexibility index (Phi) is 7.62. The summed E-state index contributed by atoms with van der Waals surface area (Å²) in [7, 11) is -8.74. The van der Waals surface area contributed by atoms with Crippen molar-refractivity contribution in [3.05, 3.63) is 53.1 Å². The molecule has 14 heteroatoms. The maximum atomic E-state index is 12.1. The molecule has 0 spiro atoms. The van der Waals surface area contributed by atoms with Crippen LogP contribution in [0.1, 0.15) is 5.56 Å². The molecule has 0 radical (unpaired) electrons. The molecule has 31 heavy (non-hydrogen) atoms. The van der Waals surface area contributed by atoms with Crippen LogP contribution in [0.5, 0.6) is 0 Å². The molecule has 0 saturated heterocycles. The van der Waals surface area contributed by atoms with Crippen LogP contribution in [0.15, 0.2) is 52.3 Å². The summed E-state index contributed by atoms with van der Waals surface area (Å²) in [6.45, 7) is 0.784. The van der Waals surface area contributed by atoms with Gasteiger partial charge in [0, 0.05) is 10.7 Å². The maximum absolute atomic E-state index is 12.1. The molecule has 0 heterocycles. The highest BCUT2D eigenvalue weighted by molar-refractivity contribution is 7.90. The zero-order valence-electron chi connectivity index (χ0n) is 15.9. The van der Waals surface area contributed by atoms with Crippen LogP contribution in [0.3, 0.4) is 0 Å². The first kappa shape index (κ1) is 24.6. The average molecular weight is 492 g/mol. The number of nitrogens with two attached hydrogens (primary N) is 1. The zero-order chi connectivity index (χ0) is 23.4. The molecule has 2 rings (SSSR count). The molecule has 2 aromatic carbocycles. The topological polar surface area (TPSA) is 182 Å². The van der Waals surface area contributed by atoms with Crippen molar-refractivity contribution >= 4 is 49.4 Å². The Labute approximate surface area is 183 Å². The molecule has 2 aromatic rings. The average Bonchev–Trinajstić information content (AvgIpc) is 2.69. The fourth-order valence-corrected chi connectivity index (χ4v) is 4.05. The van der Waals surface area contributed by atoms with Crippen LogP contribution in [0.25, 0.3) is 0 Å². The van der Waals surface area contributed by atoms with E-state index in [2.05, 4.69) is 5.32 Å². The molecule has 0 saturated carbocycles. The molecule has 5 N–H and O–H groups in total. The van der Waals surface area contributed by atoms with E-state index < -0.39 is 49.7 Å². The predicted octanol–water partition coefficient (Wildman–Crippen LogP) is 1.28. The first-order valence-electron chi connectivity index (χ1n) is 8.40. The fraction of sp³-hybridized carbons (Fsp3) is 0.176. The van der Waals surface area contributed by atoms with Gasteiger partial charge in [0.05, 0.1) is 9.79 Å². The lowest BCUT2D eigenvalue weighted by Gasteiger charge is -2.15. The van der Waals surface area contributed by atoms with Crippen molar-refractivity contribution in [2.24, 2.45) is 5.73 Å². The van der Waals surface area contributed by atoms with Crippen LogP contribution < -0.4 is 15.8 Å². The van der Waals surface area contributed by atoms with Crippen molar-refractivity contribution < 1.29 is 35.7 Å². The van der Waals surface area contributed by atoms with E-state index in [1.165, 1.54) is 31.2 Å².